The molecule has 0 unspecified atom stereocenters. The lowest BCUT2D eigenvalue weighted by Crippen LogP contribution is -2.39. The van der Waals surface area contributed by atoms with E-state index in [4.69, 9.17) is 11.1 Å². The molecular weight excluding hydrogens is 204 g/mol. The van der Waals surface area contributed by atoms with E-state index in [1.807, 2.05) is 12.1 Å². The molecule has 78 valence electrons. The molecule has 0 spiro atoms. The van der Waals surface area contributed by atoms with Gasteiger partial charge in [0.1, 0.15) is 0 Å². The third kappa shape index (κ3) is 2.64. The molecule has 15 heavy (non-hydrogen) atoms. The third-order valence-corrected chi connectivity index (χ3v) is 4.16. The highest BCUT2D eigenvalue weighted by atomic mass is 28.3. The summed E-state index contributed by atoms with van der Waals surface area (Å²) in [5.74, 6) is 4.96. The highest BCUT2D eigenvalue weighted by Gasteiger charge is 2.20. The van der Waals surface area contributed by atoms with Crippen molar-refractivity contribution >= 4 is 18.9 Å². The molecule has 1 aromatic rings. The van der Waals surface area contributed by atoms with Gasteiger partial charge in [0.2, 0.25) is 0 Å². The van der Waals surface area contributed by atoms with Crippen LogP contribution in [0.3, 0.4) is 0 Å². The van der Waals surface area contributed by atoms with Crippen LogP contribution in [-0.4, -0.2) is 8.07 Å². The minimum atomic E-state index is -1.47. The van der Waals surface area contributed by atoms with Gasteiger partial charge >= 0.3 is 0 Å². The SMILES string of the molecule is C[Si](C)(C)c1ccc(N=NN)cc1C#N. The Kier molecular flexibility index (Phi) is 3.22. The van der Waals surface area contributed by atoms with E-state index in [1.54, 1.807) is 6.07 Å². The predicted octanol–water partition coefficient (Wildman–Crippen LogP) is 2.06. The number of nitrogens with two attached hydrogens (primary N) is 1. The highest BCUT2D eigenvalue weighted by molar-refractivity contribution is 6.89. The maximum Gasteiger partial charge on any atom is 0.0991 e. The van der Waals surface area contributed by atoms with Crippen LogP contribution in [0.25, 0.3) is 0 Å². The predicted molar refractivity (Wildman–Crippen MR) is 62.8 cm³/mol. The van der Waals surface area contributed by atoms with Crippen LogP contribution in [0.2, 0.25) is 19.6 Å². The second kappa shape index (κ2) is 4.23. The van der Waals surface area contributed by atoms with Gasteiger partial charge in [0.05, 0.1) is 25.4 Å². The van der Waals surface area contributed by atoms with Gasteiger partial charge in [-0.15, -0.1) is 5.11 Å². The summed E-state index contributed by atoms with van der Waals surface area (Å²) < 4.78 is 0. The fraction of sp³-hybridized carbons (Fsp3) is 0.300. The molecule has 0 fully saturated rings. The Balaban J connectivity index is 3.29. The maximum atomic E-state index is 9.04. The van der Waals surface area contributed by atoms with Gasteiger partial charge in [-0.2, -0.15) is 5.26 Å². The minimum Gasteiger partial charge on any atom is -0.305 e. The number of hydrogen-bond donors (Lipinski definition) is 1. The van der Waals surface area contributed by atoms with Crippen LogP contribution in [0.5, 0.6) is 0 Å². The first-order valence-corrected chi connectivity index (χ1v) is 8.14. The molecule has 0 radical (unpaired) electrons. The standard InChI is InChI=1S/C10H14N4Si/c1-15(2,3)10-5-4-9(13-14-12)6-8(10)7-11/h4-6H,1-3H3,(H2,12,13). The molecule has 0 aliphatic rings. The van der Waals surface area contributed by atoms with Gasteiger partial charge in [0.15, 0.2) is 0 Å². The van der Waals surface area contributed by atoms with Crippen LogP contribution in [-0.2, 0) is 0 Å². The smallest absolute Gasteiger partial charge is 0.0991 e. The van der Waals surface area contributed by atoms with E-state index in [2.05, 4.69) is 36.0 Å². The monoisotopic (exact) mass is 218 g/mol. The average Bonchev–Trinajstić information content (AvgIpc) is 2.16. The van der Waals surface area contributed by atoms with E-state index in [0.29, 0.717) is 11.3 Å². The number of benzene rings is 1. The fourth-order valence-corrected chi connectivity index (χ4v) is 2.93. The number of hydrogen-bond acceptors (Lipinski definition) is 3. The summed E-state index contributed by atoms with van der Waals surface area (Å²) in [7, 11) is -1.47. The van der Waals surface area contributed by atoms with Crippen molar-refractivity contribution in [3.63, 3.8) is 0 Å². The first kappa shape index (κ1) is 11.4. The minimum absolute atomic E-state index is 0.621. The molecule has 0 aliphatic carbocycles. The van der Waals surface area contributed by atoms with Crippen molar-refractivity contribution < 1.29 is 0 Å². The molecule has 1 rings (SSSR count). The van der Waals surface area contributed by atoms with E-state index in [9.17, 15) is 0 Å². The van der Waals surface area contributed by atoms with Crippen LogP contribution in [0.4, 0.5) is 5.69 Å². The number of rotatable bonds is 2. The summed E-state index contributed by atoms with van der Waals surface area (Å²) in [4.78, 5) is 0. The summed E-state index contributed by atoms with van der Waals surface area (Å²) in [6.45, 7) is 6.61. The van der Waals surface area contributed by atoms with Gasteiger partial charge in [-0.05, 0) is 17.3 Å². The lowest BCUT2D eigenvalue weighted by molar-refractivity contribution is 1.06. The van der Waals surface area contributed by atoms with Crippen LogP contribution < -0.4 is 11.0 Å². The molecule has 0 saturated heterocycles. The summed E-state index contributed by atoms with van der Waals surface area (Å²) in [6, 6.07) is 7.71. The zero-order valence-corrected chi connectivity index (χ0v) is 10.2. The van der Waals surface area contributed by atoms with Crippen LogP contribution in [0.1, 0.15) is 5.56 Å². The molecule has 0 bridgehead atoms. The van der Waals surface area contributed by atoms with Crippen molar-refractivity contribution in [2.24, 2.45) is 16.2 Å². The van der Waals surface area contributed by atoms with Gasteiger partial charge in [0.25, 0.3) is 0 Å². The molecule has 0 heterocycles. The van der Waals surface area contributed by atoms with E-state index in [-0.39, 0.29) is 0 Å². The fourth-order valence-electron chi connectivity index (χ4n) is 1.41. The topological polar surface area (TPSA) is 74.5 Å². The molecular formula is C10H14N4Si. The van der Waals surface area contributed by atoms with E-state index in [1.165, 1.54) is 0 Å². The van der Waals surface area contributed by atoms with Crippen LogP contribution in [0, 0.1) is 11.3 Å². The number of nitriles is 1. The van der Waals surface area contributed by atoms with Crippen molar-refractivity contribution in [3.8, 4) is 6.07 Å². The zero-order valence-electron chi connectivity index (χ0n) is 9.15. The Bertz CT molecular complexity index is 426. The normalized spacial score (nSPS) is 11.6. The maximum absolute atomic E-state index is 9.04. The molecule has 5 heteroatoms. The van der Waals surface area contributed by atoms with Crippen molar-refractivity contribution in [3.05, 3.63) is 23.8 Å². The van der Waals surface area contributed by atoms with Gasteiger partial charge in [-0.1, -0.05) is 30.9 Å². The summed E-state index contributed by atoms with van der Waals surface area (Å²) in [5, 5.41) is 17.1. The van der Waals surface area contributed by atoms with Crippen molar-refractivity contribution in [1.82, 2.24) is 0 Å². The Morgan fingerprint density at radius 3 is 2.47 bits per heavy atom. The van der Waals surface area contributed by atoms with Crippen molar-refractivity contribution in [1.29, 1.82) is 5.26 Å². The molecule has 0 aliphatic heterocycles. The van der Waals surface area contributed by atoms with E-state index in [0.717, 1.165) is 5.19 Å². The van der Waals surface area contributed by atoms with Gasteiger partial charge < -0.3 is 5.84 Å². The summed E-state index contributed by atoms with van der Waals surface area (Å²) >= 11 is 0. The second-order valence-electron chi connectivity index (χ2n) is 4.31. The molecule has 0 atom stereocenters. The molecule has 0 saturated carbocycles. The van der Waals surface area contributed by atoms with E-state index < -0.39 is 8.07 Å². The molecule has 0 amide bonds. The van der Waals surface area contributed by atoms with Gasteiger partial charge in [-0.25, -0.2) is 0 Å². The Labute approximate surface area is 90.4 Å². The van der Waals surface area contributed by atoms with E-state index >= 15 is 0 Å². The Hall–Kier alpha value is -1.67. The molecule has 0 aromatic heterocycles. The van der Waals surface area contributed by atoms with Gasteiger partial charge in [-0.3, -0.25) is 0 Å². The summed E-state index contributed by atoms with van der Waals surface area (Å²) in [5.41, 5.74) is 1.30. The summed E-state index contributed by atoms with van der Waals surface area (Å²) in [6.07, 6.45) is 0. The van der Waals surface area contributed by atoms with Crippen molar-refractivity contribution in [2.45, 2.75) is 19.6 Å². The lowest BCUT2D eigenvalue weighted by Gasteiger charge is -2.17. The first-order valence-electron chi connectivity index (χ1n) is 4.64. The number of nitrogens with zero attached hydrogens (tertiary/aromatic N) is 3. The lowest BCUT2D eigenvalue weighted by atomic mass is 10.2. The molecule has 4 nitrogen and oxygen atoms in total. The largest absolute Gasteiger partial charge is 0.305 e. The zero-order chi connectivity index (χ0) is 11.5. The quantitative estimate of drug-likeness (QED) is 0.357. The Morgan fingerprint density at radius 2 is 2.00 bits per heavy atom. The Morgan fingerprint density at radius 1 is 1.33 bits per heavy atom. The highest BCUT2D eigenvalue weighted by Crippen LogP contribution is 2.15. The van der Waals surface area contributed by atoms with Gasteiger partial charge in [0, 0.05) is 0 Å². The third-order valence-electron chi connectivity index (χ3n) is 2.10. The molecule has 2 N–H and O–H groups in total. The van der Waals surface area contributed by atoms with Crippen molar-refractivity contribution in [2.75, 3.05) is 0 Å². The average molecular weight is 218 g/mol. The van der Waals surface area contributed by atoms with Crippen LogP contribution >= 0.6 is 0 Å². The molecule has 1 aromatic carbocycles. The second-order valence-corrected chi connectivity index (χ2v) is 9.35. The first-order chi connectivity index (χ1) is 6.99. The van der Waals surface area contributed by atoms with Crippen LogP contribution in [0.15, 0.2) is 28.5 Å².